The van der Waals surface area contributed by atoms with E-state index in [9.17, 15) is 13.2 Å². The fourth-order valence-corrected chi connectivity index (χ4v) is 5.07. The third-order valence-corrected chi connectivity index (χ3v) is 6.75. The molecule has 1 amide bonds. The lowest BCUT2D eigenvalue weighted by Gasteiger charge is -2.28. The van der Waals surface area contributed by atoms with E-state index in [4.69, 9.17) is 0 Å². The number of rotatable bonds is 5. The third-order valence-electron chi connectivity index (χ3n) is 4.88. The maximum atomic E-state index is 12.2. The number of amides is 1. The van der Waals surface area contributed by atoms with Crippen molar-refractivity contribution in [1.29, 1.82) is 0 Å². The molecule has 1 aliphatic heterocycles. The summed E-state index contributed by atoms with van der Waals surface area (Å²) in [5.41, 5.74) is 2.65. The molecule has 0 bridgehead atoms. The summed E-state index contributed by atoms with van der Waals surface area (Å²) in [6.07, 6.45) is 9.63. The van der Waals surface area contributed by atoms with Crippen molar-refractivity contribution in [3.8, 4) is 0 Å². The Morgan fingerprint density at radius 3 is 2.56 bits per heavy atom. The van der Waals surface area contributed by atoms with Crippen molar-refractivity contribution < 1.29 is 13.2 Å². The number of allylic oxidation sites excluding steroid dienone is 1. The van der Waals surface area contributed by atoms with Crippen molar-refractivity contribution in [2.45, 2.75) is 44.9 Å². The van der Waals surface area contributed by atoms with Crippen LogP contribution in [0.4, 0.5) is 5.69 Å². The zero-order chi connectivity index (χ0) is 17.7. The van der Waals surface area contributed by atoms with Gasteiger partial charge in [0.05, 0.1) is 11.4 Å². The van der Waals surface area contributed by atoms with Gasteiger partial charge in [-0.25, -0.2) is 8.42 Å². The number of benzene rings is 1. The zero-order valence-corrected chi connectivity index (χ0v) is 15.4. The first-order chi connectivity index (χ1) is 12.1. The van der Waals surface area contributed by atoms with Crippen LogP contribution in [0, 0.1) is 0 Å². The molecule has 1 saturated heterocycles. The largest absolute Gasteiger partial charge is 0.352 e. The average molecular weight is 362 g/mol. The van der Waals surface area contributed by atoms with E-state index in [1.54, 1.807) is 24.3 Å². The molecular formula is C19H26N2O3S. The molecular weight excluding hydrogens is 336 g/mol. The van der Waals surface area contributed by atoms with E-state index in [2.05, 4.69) is 11.4 Å². The monoisotopic (exact) mass is 362 g/mol. The summed E-state index contributed by atoms with van der Waals surface area (Å²) in [6.45, 7) is 1.16. The number of carbonyl (C=O) groups is 1. The minimum absolute atomic E-state index is 0.107. The number of anilines is 1. The lowest BCUT2D eigenvalue weighted by molar-refractivity contribution is 0.0954. The van der Waals surface area contributed by atoms with Crippen LogP contribution in [0.5, 0.6) is 0 Å². The number of hydrogen-bond acceptors (Lipinski definition) is 3. The van der Waals surface area contributed by atoms with Gasteiger partial charge in [-0.05, 0) is 69.2 Å². The molecule has 0 atom stereocenters. The quantitative estimate of drug-likeness (QED) is 0.818. The maximum absolute atomic E-state index is 12.2. The Morgan fingerprint density at radius 2 is 1.88 bits per heavy atom. The molecule has 0 aromatic heterocycles. The Labute approximate surface area is 150 Å². The third kappa shape index (κ3) is 4.63. The predicted octanol–water partition coefficient (Wildman–Crippen LogP) is 3.24. The van der Waals surface area contributed by atoms with Gasteiger partial charge in [0, 0.05) is 18.7 Å². The lowest BCUT2D eigenvalue weighted by Crippen LogP contribution is -2.37. The van der Waals surface area contributed by atoms with E-state index in [-0.39, 0.29) is 11.7 Å². The highest BCUT2D eigenvalue weighted by Gasteiger charge is 2.25. The molecule has 1 N–H and O–H groups in total. The first-order valence-electron chi connectivity index (χ1n) is 9.13. The summed E-state index contributed by atoms with van der Waals surface area (Å²) in [4.78, 5) is 12.2. The Hall–Kier alpha value is -1.82. The van der Waals surface area contributed by atoms with Crippen LogP contribution in [0.2, 0.25) is 0 Å². The molecule has 6 heteroatoms. The molecule has 0 radical (unpaired) electrons. The normalized spacial score (nSPS) is 20.0. The minimum Gasteiger partial charge on any atom is -0.352 e. The molecule has 0 saturated carbocycles. The molecule has 1 heterocycles. The molecule has 1 aromatic carbocycles. The fourth-order valence-electron chi connectivity index (χ4n) is 3.43. The van der Waals surface area contributed by atoms with Gasteiger partial charge in [0.15, 0.2) is 0 Å². The smallest absolute Gasteiger partial charge is 0.251 e. The first-order valence-corrected chi connectivity index (χ1v) is 10.7. The maximum Gasteiger partial charge on any atom is 0.251 e. The summed E-state index contributed by atoms with van der Waals surface area (Å²) in [7, 11) is -3.21. The number of nitrogens with one attached hydrogen (secondary N) is 1. The number of carbonyl (C=O) groups excluding carboxylic acids is 1. The van der Waals surface area contributed by atoms with Crippen molar-refractivity contribution >= 4 is 21.6 Å². The van der Waals surface area contributed by atoms with Crippen molar-refractivity contribution in [1.82, 2.24) is 5.32 Å². The molecule has 5 nitrogen and oxygen atoms in total. The Kier molecular flexibility index (Phi) is 5.78. The molecule has 136 valence electrons. The molecule has 0 unspecified atom stereocenters. The van der Waals surface area contributed by atoms with Crippen LogP contribution in [0.15, 0.2) is 35.9 Å². The van der Waals surface area contributed by atoms with Gasteiger partial charge in [-0.3, -0.25) is 9.10 Å². The molecule has 1 aliphatic carbocycles. The van der Waals surface area contributed by atoms with Crippen LogP contribution in [-0.2, 0) is 10.0 Å². The van der Waals surface area contributed by atoms with Crippen LogP contribution < -0.4 is 9.62 Å². The van der Waals surface area contributed by atoms with E-state index < -0.39 is 10.0 Å². The van der Waals surface area contributed by atoms with Crippen LogP contribution >= 0.6 is 0 Å². The number of sulfonamides is 1. The summed E-state index contributed by atoms with van der Waals surface area (Å²) in [5.74, 6) is 0.0925. The van der Waals surface area contributed by atoms with Gasteiger partial charge in [0.1, 0.15) is 0 Å². The van der Waals surface area contributed by atoms with E-state index in [1.165, 1.54) is 22.7 Å². The van der Waals surface area contributed by atoms with E-state index >= 15 is 0 Å². The number of nitrogens with zero attached hydrogens (tertiary/aromatic N) is 1. The highest BCUT2D eigenvalue weighted by atomic mass is 32.2. The summed E-state index contributed by atoms with van der Waals surface area (Å²) in [6, 6.07) is 6.85. The van der Waals surface area contributed by atoms with Crippen molar-refractivity contribution in [2.75, 3.05) is 23.1 Å². The van der Waals surface area contributed by atoms with E-state index in [0.717, 1.165) is 32.1 Å². The van der Waals surface area contributed by atoms with Crippen LogP contribution in [0.25, 0.3) is 0 Å². The second-order valence-corrected chi connectivity index (χ2v) is 8.77. The van der Waals surface area contributed by atoms with Gasteiger partial charge in [0.2, 0.25) is 10.0 Å². The Morgan fingerprint density at radius 1 is 1.08 bits per heavy atom. The van der Waals surface area contributed by atoms with Crippen LogP contribution in [-0.4, -0.2) is 33.2 Å². The fraction of sp³-hybridized carbons (Fsp3) is 0.526. The second kappa shape index (κ2) is 8.04. The van der Waals surface area contributed by atoms with Crippen molar-refractivity contribution in [3.63, 3.8) is 0 Å². The Bertz CT molecular complexity index is 738. The summed E-state index contributed by atoms with van der Waals surface area (Å²) >= 11 is 0. The van der Waals surface area contributed by atoms with Gasteiger partial charge >= 0.3 is 0 Å². The minimum atomic E-state index is -3.21. The van der Waals surface area contributed by atoms with Crippen LogP contribution in [0.1, 0.15) is 55.3 Å². The van der Waals surface area contributed by atoms with Gasteiger partial charge < -0.3 is 5.32 Å². The molecule has 1 fully saturated rings. The first kappa shape index (κ1) is 18.0. The standard InChI is InChI=1S/C19H26N2O3S/c22-19(20-13-12-16-6-2-1-3-7-16)17-8-10-18(11-9-17)21-14-4-5-15-25(21,23)24/h6,8-11H,1-5,7,12-15H2,(H,20,22). The lowest BCUT2D eigenvalue weighted by atomic mass is 9.97. The topological polar surface area (TPSA) is 66.5 Å². The summed E-state index contributed by atoms with van der Waals surface area (Å²) in [5, 5.41) is 2.95. The number of hydrogen-bond donors (Lipinski definition) is 1. The second-order valence-electron chi connectivity index (χ2n) is 6.76. The molecule has 1 aromatic rings. The zero-order valence-electron chi connectivity index (χ0n) is 14.5. The van der Waals surface area contributed by atoms with Crippen molar-refractivity contribution in [3.05, 3.63) is 41.5 Å². The average Bonchev–Trinajstić information content (AvgIpc) is 2.62. The predicted molar refractivity (Wildman–Crippen MR) is 100 cm³/mol. The molecule has 3 rings (SSSR count). The molecule has 25 heavy (non-hydrogen) atoms. The van der Waals surface area contributed by atoms with Crippen molar-refractivity contribution in [2.24, 2.45) is 0 Å². The Balaban J connectivity index is 1.56. The van der Waals surface area contributed by atoms with Gasteiger partial charge in [0.25, 0.3) is 5.91 Å². The van der Waals surface area contributed by atoms with Gasteiger partial charge in [-0.15, -0.1) is 0 Å². The summed E-state index contributed by atoms with van der Waals surface area (Å²) < 4.78 is 25.7. The van der Waals surface area contributed by atoms with E-state index in [0.29, 0.717) is 24.3 Å². The van der Waals surface area contributed by atoms with E-state index in [1.807, 2.05) is 0 Å². The molecule has 0 spiro atoms. The van der Waals surface area contributed by atoms with Gasteiger partial charge in [-0.1, -0.05) is 11.6 Å². The highest BCUT2D eigenvalue weighted by Crippen LogP contribution is 2.24. The molecule has 2 aliphatic rings. The van der Waals surface area contributed by atoms with Gasteiger partial charge in [-0.2, -0.15) is 0 Å². The highest BCUT2D eigenvalue weighted by molar-refractivity contribution is 7.92. The van der Waals surface area contributed by atoms with Crippen LogP contribution in [0.3, 0.4) is 0 Å². The SMILES string of the molecule is O=C(NCCC1=CCCCC1)c1ccc(N2CCCCS2(=O)=O)cc1.